The van der Waals surface area contributed by atoms with Gasteiger partial charge in [-0.15, -0.1) is 0 Å². The molecule has 100 valence electrons. The zero-order valence-corrected chi connectivity index (χ0v) is 10.8. The van der Waals surface area contributed by atoms with Crippen molar-refractivity contribution in [3.63, 3.8) is 0 Å². The summed E-state index contributed by atoms with van der Waals surface area (Å²) in [7, 11) is 0. The highest BCUT2D eigenvalue weighted by atomic mass is 16.1. The molecule has 0 bridgehead atoms. The number of imidazole rings is 1. The molecule has 0 aliphatic rings. The molecule has 2 heterocycles. The molecular weight excluding hydrogens is 252 g/mol. The summed E-state index contributed by atoms with van der Waals surface area (Å²) < 4.78 is 1.81. The van der Waals surface area contributed by atoms with Gasteiger partial charge in [-0.05, 0) is 18.2 Å². The Labute approximate surface area is 115 Å². The van der Waals surface area contributed by atoms with E-state index >= 15 is 0 Å². The Kier molecular flexibility index (Phi) is 3.33. The van der Waals surface area contributed by atoms with E-state index in [2.05, 4.69) is 15.3 Å². The van der Waals surface area contributed by atoms with E-state index in [1.807, 2.05) is 53.4 Å². The molecule has 0 spiro atoms. The Morgan fingerprint density at radius 2 is 2.30 bits per heavy atom. The molecule has 0 unspecified atom stereocenters. The van der Waals surface area contributed by atoms with Crippen LogP contribution in [-0.4, -0.2) is 27.0 Å². The lowest BCUT2D eigenvalue weighted by Gasteiger charge is -1.99. The zero-order valence-electron chi connectivity index (χ0n) is 10.8. The van der Waals surface area contributed by atoms with Crippen LogP contribution in [0.15, 0.2) is 55.1 Å². The van der Waals surface area contributed by atoms with Gasteiger partial charge in [0.2, 0.25) is 0 Å². The molecule has 3 aromatic rings. The highest BCUT2D eigenvalue weighted by molar-refractivity contribution is 5.98. The number of benzene rings is 1. The lowest BCUT2D eigenvalue weighted by Crippen LogP contribution is -2.23. The van der Waals surface area contributed by atoms with Crippen LogP contribution in [0.5, 0.6) is 0 Å². The molecule has 0 atom stereocenters. The van der Waals surface area contributed by atoms with E-state index in [4.69, 9.17) is 0 Å². The number of aromatic amines is 1. The zero-order chi connectivity index (χ0) is 13.8. The third kappa shape index (κ3) is 2.61. The minimum atomic E-state index is -0.114. The van der Waals surface area contributed by atoms with Crippen LogP contribution in [0, 0.1) is 0 Å². The van der Waals surface area contributed by atoms with E-state index in [9.17, 15) is 4.79 Å². The normalized spacial score (nSPS) is 11.2. The van der Waals surface area contributed by atoms with Crippen LogP contribution in [0.3, 0.4) is 0 Å². The number of aromatic nitrogens is 3. The fourth-order valence-electron chi connectivity index (χ4n) is 1.97. The second kappa shape index (κ2) is 5.44. The Bertz CT molecular complexity index is 707. The number of fused-ring (bicyclic) bond motifs is 1. The van der Waals surface area contributed by atoms with E-state index in [-0.39, 0.29) is 5.91 Å². The maximum Gasteiger partial charge on any atom is 0.267 e. The van der Waals surface area contributed by atoms with Gasteiger partial charge in [0.05, 0.1) is 6.33 Å². The minimum absolute atomic E-state index is 0.114. The topological polar surface area (TPSA) is 62.7 Å². The van der Waals surface area contributed by atoms with Gasteiger partial charge in [-0.2, -0.15) is 0 Å². The Morgan fingerprint density at radius 1 is 1.40 bits per heavy atom. The van der Waals surface area contributed by atoms with Gasteiger partial charge in [0.15, 0.2) is 0 Å². The van der Waals surface area contributed by atoms with Crippen LogP contribution in [0.2, 0.25) is 0 Å². The summed E-state index contributed by atoms with van der Waals surface area (Å²) in [6.07, 6.45) is 8.93. The molecule has 5 nitrogen and oxygen atoms in total. The van der Waals surface area contributed by atoms with E-state index in [0.29, 0.717) is 12.2 Å². The molecule has 1 aromatic carbocycles. The Hall–Kier alpha value is -2.82. The smallest absolute Gasteiger partial charge is 0.267 e. The predicted octanol–water partition coefficient (Wildman–Crippen LogP) is 2.27. The number of carbonyl (C=O) groups is 1. The molecule has 0 fully saturated rings. The highest BCUT2D eigenvalue weighted by Gasteiger charge is 2.07. The first-order valence-corrected chi connectivity index (χ1v) is 6.33. The molecule has 5 heteroatoms. The molecular formula is C15H14N4O. The summed E-state index contributed by atoms with van der Waals surface area (Å²) in [5, 5.41) is 3.87. The number of hydrogen-bond acceptors (Lipinski definition) is 2. The summed E-state index contributed by atoms with van der Waals surface area (Å²) in [5.41, 5.74) is 1.54. The molecule has 1 amide bonds. The first-order chi connectivity index (χ1) is 9.83. The predicted molar refractivity (Wildman–Crippen MR) is 78.2 cm³/mol. The molecule has 0 radical (unpaired) electrons. The maximum absolute atomic E-state index is 12.0. The maximum atomic E-state index is 12.0. The molecule has 2 N–H and O–H groups in total. The minimum Gasteiger partial charge on any atom is -0.351 e. The van der Waals surface area contributed by atoms with Gasteiger partial charge >= 0.3 is 0 Å². The van der Waals surface area contributed by atoms with Crippen molar-refractivity contribution in [2.24, 2.45) is 0 Å². The fraction of sp³-hybridized carbons (Fsp3) is 0.0667. The van der Waals surface area contributed by atoms with Crippen molar-refractivity contribution in [2.45, 2.75) is 0 Å². The number of carbonyl (C=O) groups excluding carboxylic acids is 1. The van der Waals surface area contributed by atoms with E-state index in [1.54, 1.807) is 12.5 Å². The summed E-state index contributed by atoms with van der Waals surface area (Å²) >= 11 is 0. The van der Waals surface area contributed by atoms with Crippen molar-refractivity contribution in [3.05, 3.63) is 60.8 Å². The summed E-state index contributed by atoms with van der Waals surface area (Å²) in [6, 6.07) is 9.66. The quantitative estimate of drug-likeness (QED) is 0.761. The van der Waals surface area contributed by atoms with Crippen LogP contribution in [0.25, 0.3) is 17.1 Å². The number of para-hydroxylation sites is 1. The summed E-state index contributed by atoms with van der Waals surface area (Å²) in [4.78, 5) is 19.0. The van der Waals surface area contributed by atoms with Crippen LogP contribution < -0.4 is 5.32 Å². The molecule has 0 aliphatic carbocycles. The monoisotopic (exact) mass is 266 g/mol. The van der Waals surface area contributed by atoms with Gasteiger partial charge in [0, 0.05) is 36.0 Å². The molecule has 0 saturated carbocycles. The average molecular weight is 266 g/mol. The molecule has 0 saturated heterocycles. The Morgan fingerprint density at radius 3 is 3.10 bits per heavy atom. The van der Waals surface area contributed by atoms with Gasteiger partial charge < -0.3 is 14.9 Å². The third-order valence-electron chi connectivity index (χ3n) is 2.96. The van der Waals surface area contributed by atoms with Crippen LogP contribution in [-0.2, 0) is 0 Å². The highest BCUT2D eigenvalue weighted by Crippen LogP contribution is 2.14. The van der Waals surface area contributed by atoms with E-state index in [0.717, 1.165) is 10.9 Å². The fourth-order valence-corrected chi connectivity index (χ4v) is 1.97. The van der Waals surface area contributed by atoms with Crippen molar-refractivity contribution >= 4 is 23.0 Å². The summed E-state index contributed by atoms with van der Waals surface area (Å²) in [5.74, 6) is -0.114. The molecule has 2 aromatic heterocycles. The van der Waals surface area contributed by atoms with Gasteiger partial charge in [0.25, 0.3) is 5.91 Å². The number of rotatable bonds is 4. The van der Waals surface area contributed by atoms with Crippen molar-refractivity contribution in [1.29, 1.82) is 0 Å². The van der Waals surface area contributed by atoms with Gasteiger partial charge in [0.1, 0.15) is 5.69 Å². The Balaban J connectivity index is 1.61. The molecule has 0 aliphatic heterocycles. The molecule has 3 rings (SSSR count). The largest absolute Gasteiger partial charge is 0.351 e. The van der Waals surface area contributed by atoms with E-state index in [1.165, 1.54) is 0 Å². The van der Waals surface area contributed by atoms with Gasteiger partial charge in [-0.1, -0.05) is 18.2 Å². The first kappa shape index (κ1) is 12.2. The number of hydrogen-bond donors (Lipinski definition) is 2. The van der Waals surface area contributed by atoms with Crippen LogP contribution >= 0.6 is 0 Å². The van der Waals surface area contributed by atoms with Gasteiger partial charge in [-0.3, -0.25) is 4.79 Å². The van der Waals surface area contributed by atoms with E-state index < -0.39 is 0 Å². The number of H-pyrrole nitrogens is 1. The number of amides is 1. The number of nitrogens with zero attached hydrogens (tertiary/aromatic N) is 2. The van der Waals surface area contributed by atoms with Crippen molar-refractivity contribution < 1.29 is 4.79 Å². The van der Waals surface area contributed by atoms with Crippen LogP contribution in [0.1, 0.15) is 10.5 Å². The second-order valence-corrected chi connectivity index (χ2v) is 4.37. The average Bonchev–Trinajstić information content (AvgIpc) is 3.12. The van der Waals surface area contributed by atoms with Crippen molar-refractivity contribution in [1.82, 2.24) is 19.9 Å². The second-order valence-electron chi connectivity index (χ2n) is 4.37. The van der Waals surface area contributed by atoms with Crippen molar-refractivity contribution in [2.75, 3.05) is 6.54 Å². The lowest BCUT2D eigenvalue weighted by molar-refractivity contribution is 0.0954. The number of nitrogens with one attached hydrogen (secondary N) is 2. The standard InChI is InChI=1S/C15H14N4O/c20-15(17-6-3-8-19-9-7-16-11-19)14-10-12-4-1-2-5-13(12)18-14/h1-5,7-11,18H,6H2,(H,17,20). The van der Waals surface area contributed by atoms with Crippen molar-refractivity contribution in [3.8, 4) is 0 Å². The summed E-state index contributed by atoms with van der Waals surface area (Å²) in [6.45, 7) is 0.465. The first-order valence-electron chi connectivity index (χ1n) is 6.33. The molecule has 20 heavy (non-hydrogen) atoms. The van der Waals surface area contributed by atoms with Gasteiger partial charge in [-0.25, -0.2) is 4.98 Å². The van der Waals surface area contributed by atoms with Crippen LogP contribution in [0.4, 0.5) is 0 Å². The lowest BCUT2D eigenvalue weighted by atomic mass is 10.2. The SMILES string of the molecule is O=C(NCC=Cn1ccnc1)c1cc2ccccc2[nH]1. The third-order valence-corrected chi connectivity index (χ3v) is 2.96.